The predicted molar refractivity (Wildman–Crippen MR) is 141 cm³/mol. The zero-order valence-electron chi connectivity index (χ0n) is 20.0. The summed E-state index contributed by atoms with van der Waals surface area (Å²) < 4.78 is 11.7. The molecule has 0 spiro atoms. The van der Waals surface area contributed by atoms with Crippen molar-refractivity contribution in [2.24, 2.45) is 0 Å². The van der Waals surface area contributed by atoms with E-state index in [4.69, 9.17) is 9.47 Å². The van der Waals surface area contributed by atoms with Gasteiger partial charge in [-0.25, -0.2) is 14.8 Å². The van der Waals surface area contributed by atoms with Gasteiger partial charge in [0.25, 0.3) is 5.91 Å². The summed E-state index contributed by atoms with van der Waals surface area (Å²) in [4.78, 5) is 38.0. The molecule has 5 rings (SSSR count). The van der Waals surface area contributed by atoms with Gasteiger partial charge in [-0.15, -0.1) is 0 Å². The smallest absolute Gasteiger partial charge is 0.338 e. The minimum absolute atomic E-state index is 0.328. The summed E-state index contributed by atoms with van der Waals surface area (Å²) in [6.07, 6.45) is -0.617. The monoisotopic (exact) mass is 500 g/mol. The average Bonchev–Trinajstić information content (AvgIpc) is 3.49. The van der Waals surface area contributed by atoms with Crippen molar-refractivity contribution in [3.8, 4) is 17.1 Å². The molecule has 1 amide bonds. The molecule has 0 aliphatic carbocycles. The number of ether oxygens (including phenoxy) is 2. The molecule has 9 heteroatoms. The summed E-state index contributed by atoms with van der Waals surface area (Å²) in [7, 11) is 1.62. The normalized spacial score (nSPS) is 12.0. The molecule has 2 aromatic heterocycles. The summed E-state index contributed by atoms with van der Waals surface area (Å²) in [5.74, 6) is 0.438. The second kappa shape index (κ2) is 9.79. The number of H-pyrrole nitrogens is 1. The van der Waals surface area contributed by atoms with Crippen molar-refractivity contribution in [3.05, 3.63) is 71.8 Å². The summed E-state index contributed by atoms with van der Waals surface area (Å²) in [6, 6.07) is 18.5. The largest absolute Gasteiger partial charge is 0.497 e. The number of rotatable bonds is 7. The van der Waals surface area contributed by atoms with Gasteiger partial charge in [-0.05, 0) is 73.5 Å². The number of esters is 1. The van der Waals surface area contributed by atoms with E-state index >= 15 is 0 Å². The van der Waals surface area contributed by atoms with Crippen LogP contribution in [0.1, 0.15) is 29.3 Å². The number of anilines is 1. The van der Waals surface area contributed by atoms with E-state index < -0.39 is 18.0 Å². The van der Waals surface area contributed by atoms with Gasteiger partial charge in [0.15, 0.2) is 11.2 Å². The zero-order valence-corrected chi connectivity index (χ0v) is 20.8. The SMILES string of the molecule is CCC(OC(=O)c1ccc2nc(-c3ccc(OC)cc3)[nH]c2c1)C(=O)Nc1nc2ccc(C)cc2s1. The number of benzene rings is 3. The van der Waals surface area contributed by atoms with E-state index in [1.165, 1.54) is 11.3 Å². The molecule has 0 saturated carbocycles. The molecule has 8 nitrogen and oxygen atoms in total. The number of aryl methyl sites for hydroxylation is 1. The molecule has 3 aromatic carbocycles. The minimum atomic E-state index is -0.946. The van der Waals surface area contributed by atoms with Gasteiger partial charge in [-0.2, -0.15) is 0 Å². The number of hydrogen-bond donors (Lipinski definition) is 2. The second-order valence-corrected chi connectivity index (χ2v) is 9.36. The van der Waals surface area contributed by atoms with Crippen molar-refractivity contribution in [3.63, 3.8) is 0 Å². The maximum absolute atomic E-state index is 12.9. The number of imidazole rings is 1. The van der Waals surface area contributed by atoms with E-state index in [1.807, 2.05) is 49.4 Å². The second-order valence-electron chi connectivity index (χ2n) is 8.33. The third kappa shape index (κ3) is 4.78. The lowest BCUT2D eigenvalue weighted by molar-refractivity contribution is -0.124. The molecule has 2 N–H and O–H groups in total. The number of methoxy groups -OCH3 is 1. The lowest BCUT2D eigenvalue weighted by Crippen LogP contribution is -2.32. The van der Waals surface area contributed by atoms with Gasteiger partial charge in [-0.3, -0.25) is 10.1 Å². The maximum atomic E-state index is 12.9. The Bertz CT molecular complexity index is 1570. The fourth-order valence-electron chi connectivity index (χ4n) is 3.81. The molecule has 0 fully saturated rings. The number of carbonyl (C=O) groups is 2. The van der Waals surface area contributed by atoms with Crippen LogP contribution in [0, 0.1) is 6.92 Å². The summed E-state index contributed by atoms with van der Waals surface area (Å²) in [6.45, 7) is 3.79. The van der Waals surface area contributed by atoms with Gasteiger partial charge in [0.1, 0.15) is 11.6 Å². The maximum Gasteiger partial charge on any atom is 0.338 e. The number of aromatic nitrogens is 3. The first-order chi connectivity index (χ1) is 17.4. The van der Waals surface area contributed by atoms with Gasteiger partial charge in [0.05, 0.1) is 33.9 Å². The quantitative estimate of drug-likeness (QED) is 0.276. The number of carbonyl (C=O) groups excluding carboxylic acids is 2. The zero-order chi connectivity index (χ0) is 25.2. The lowest BCUT2D eigenvalue weighted by Gasteiger charge is -2.15. The van der Waals surface area contributed by atoms with Crippen molar-refractivity contribution in [2.75, 3.05) is 12.4 Å². The highest BCUT2D eigenvalue weighted by Gasteiger charge is 2.23. The Kier molecular flexibility index (Phi) is 6.39. The van der Waals surface area contributed by atoms with Crippen molar-refractivity contribution >= 4 is 49.6 Å². The van der Waals surface area contributed by atoms with Crippen LogP contribution in [0.15, 0.2) is 60.7 Å². The molecule has 0 bridgehead atoms. The Hall–Kier alpha value is -4.24. The third-order valence-corrected chi connectivity index (χ3v) is 6.70. The first kappa shape index (κ1) is 23.5. The molecule has 5 aromatic rings. The molecule has 182 valence electrons. The van der Waals surface area contributed by atoms with Crippen LogP contribution in [0.2, 0.25) is 0 Å². The molecular weight excluding hydrogens is 476 g/mol. The first-order valence-corrected chi connectivity index (χ1v) is 12.3. The van der Waals surface area contributed by atoms with E-state index in [1.54, 1.807) is 32.2 Å². The number of thiazole rings is 1. The summed E-state index contributed by atoms with van der Waals surface area (Å²) in [5, 5.41) is 3.26. The number of nitrogens with zero attached hydrogens (tertiary/aromatic N) is 2. The van der Waals surface area contributed by atoms with E-state index in [-0.39, 0.29) is 0 Å². The van der Waals surface area contributed by atoms with Crippen LogP contribution in [0.25, 0.3) is 32.6 Å². The first-order valence-electron chi connectivity index (χ1n) is 11.5. The Morgan fingerprint density at radius 3 is 2.56 bits per heavy atom. The standard InChI is InChI=1S/C27H24N4O4S/c1-4-22(25(32)31-27-30-20-11-5-15(2)13-23(20)36-27)35-26(33)17-8-12-19-21(14-17)29-24(28-19)16-6-9-18(34-3)10-7-16/h5-14,22H,4H2,1-3H3,(H,28,29)(H,30,31,32). The van der Waals surface area contributed by atoms with Gasteiger partial charge >= 0.3 is 5.97 Å². The fourth-order valence-corrected chi connectivity index (χ4v) is 4.78. The molecule has 36 heavy (non-hydrogen) atoms. The van der Waals surface area contributed by atoms with Gasteiger partial charge in [0, 0.05) is 5.56 Å². The molecule has 0 radical (unpaired) electrons. The average molecular weight is 501 g/mol. The lowest BCUT2D eigenvalue weighted by atomic mass is 10.2. The molecule has 2 heterocycles. The van der Waals surface area contributed by atoms with Crippen LogP contribution >= 0.6 is 11.3 Å². The van der Waals surface area contributed by atoms with E-state index in [2.05, 4.69) is 20.3 Å². The van der Waals surface area contributed by atoms with Crippen LogP contribution in [-0.2, 0) is 9.53 Å². The molecule has 0 aliphatic rings. The Morgan fingerprint density at radius 1 is 1.03 bits per heavy atom. The van der Waals surface area contributed by atoms with Crippen LogP contribution < -0.4 is 10.1 Å². The van der Waals surface area contributed by atoms with Crippen LogP contribution in [0.3, 0.4) is 0 Å². The number of amides is 1. The van der Waals surface area contributed by atoms with Crippen molar-refractivity contribution in [1.29, 1.82) is 0 Å². The van der Waals surface area contributed by atoms with Crippen molar-refractivity contribution in [2.45, 2.75) is 26.4 Å². The Balaban J connectivity index is 1.29. The van der Waals surface area contributed by atoms with Gasteiger partial charge in [0.2, 0.25) is 0 Å². The van der Waals surface area contributed by atoms with Crippen LogP contribution in [0.5, 0.6) is 5.75 Å². The molecular formula is C27H24N4O4S. The topological polar surface area (TPSA) is 106 Å². The number of fused-ring (bicyclic) bond motifs is 2. The Morgan fingerprint density at radius 2 is 1.81 bits per heavy atom. The van der Waals surface area contributed by atoms with Crippen molar-refractivity contribution < 1.29 is 19.1 Å². The van der Waals surface area contributed by atoms with Crippen LogP contribution in [0.4, 0.5) is 5.13 Å². The fraction of sp³-hybridized carbons (Fsp3) is 0.185. The van der Waals surface area contributed by atoms with E-state index in [0.717, 1.165) is 27.1 Å². The molecule has 1 unspecified atom stereocenters. The third-order valence-electron chi connectivity index (χ3n) is 5.77. The molecule has 0 aliphatic heterocycles. The predicted octanol–water partition coefficient (Wildman–Crippen LogP) is 5.73. The summed E-state index contributed by atoms with van der Waals surface area (Å²) in [5.41, 5.74) is 4.56. The highest BCUT2D eigenvalue weighted by molar-refractivity contribution is 7.22. The highest BCUT2D eigenvalue weighted by Crippen LogP contribution is 2.27. The van der Waals surface area contributed by atoms with Crippen molar-refractivity contribution in [1.82, 2.24) is 15.0 Å². The van der Waals surface area contributed by atoms with E-state index in [9.17, 15) is 9.59 Å². The van der Waals surface area contributed by atoms with Gasteiger partial charge in [-0.1, -0.05) is 24.3 Å². The molecule has 1 atom stereocenters. The van der Waals surface area contributed by atoms with Gasteiger partial charge < -0.3 is 14.5 Å². The summed E-state index contributed by atoms with van der Waals surface area (Å²) >= 11 is 1.39. The van der Waals surface area contributed by atoms with E-state index in [0.29, 0.717) is 34.0 Å². The molecule has 0 saturated heterocycles. The number of hydrogen-bond acceptors (Lipinski definition) is 7. The minimum Gasteiger partial charge on any atom is -0.497 e. The highest BCUT2D eigenvalue weighted by atomic mass is 32.1. The Labute approximate surface area is 211 Å². The number of aromatic amines is 1. The van der Waals surface area contributed by atoms with Crippen LogP contribution in [-0.4, -0.2) is 40.0 Å². The number of nitrogens with one attached hydrogen (secondary N) is 2.